The molecule has 0 spiro atoms. The van der Waals surface area contributed by atoms with Crippen LogP contribution in [0.3, 0.4) is 0 Å². The first-order valence-corrected chi connectivity index (χ1v) is 8.07. The quantitative estimate of drug-likeness (QED) is 0.807. The van der Waals surface area contributed by atoms with E-state index in [1.54, 1.807) is 11.8 Å². The first kappa shape index (κ1) is 17.9. The van der Waals surface area contributed by atoms with Crippen molar-refractivity contribution < 1.29 is 18.8 Å². The van der Waals surface area contributed by atoms with Gasteiger partial charge in [0.05, 0.1) is 0 Å². The molecule has 1 aliphatic rings. The second-order valence-electron chi connectivity index (χ2n) is 5.65. The van der Waals surface area contributed by atoms with Crippen molar-refractivity contribution in [1.29, 1.82) is 0 Å². The molecule has 7 heteroatoms. The lowest BCUT2D eigenvalue weighted by Gasteiger charge is -2.26. The van der Waals surface area contributed by atoms with Gasteiger partial charge in [0, 0.05) is 13.1 Å². The summed E-state index contributed by atoms with van der Waals surface area (Å²) in [4.78, 5) is 39.9. The number of benzene rings is 1. The zero-order chi connectivity index (χ0) is 17.9. The van der Waals surface area contributed by atoms with E-state index in [9.17, 15) is 18.8 Å². The van der Waals surface area contributed by atoms with Crippen LogP contribution in [-0.4, -0.2) is 47.3 Å². The van der Waals surface area contributed by atoms with Gasteiger partial charge < -0.3 is 10.2 Å². The Morgan fingerprint density at radius 2 is 1.75 bits per heavy atom. The second-order valence-corrected chi connectivity index (χ2v) is 5.65. The molecule has 0 saturated carbocycles. The molecule has 0 unspecified atom stereocenters. The van der Waals surface area contributed by atoms with Gasteiger partial charge in [-0.05, 0) is 38.0 Å². The Kier molecular flexibility index (Phi) is 5.21. The number of urea groups is 1. The topological polar surface area (TPSA) is 69.7 Å². The van der Waals surface area contributed by atoms with Crippen molar-refractivity contribution in [2.24, 2.45) is 0 Å². The Labute approximate surface area is 140 Å². The van der Waals surface area contributed by atoms with E-state index in [4.69, 9.17) is 0 Å². The van der Waals surface area contributed by atoms with Gasteiger partial charge in [0.1, 0.15) is 17.9 Å². The average molecular weight is 335 g/mol. The van der Waals surface area contributed by atoms with Crippen LogP contribution in [0.5, 0.6) is 0 Å². The standard InChI is InChI=1S/C17H22FN3O3/c1-4-17(12-7-9-13(18)10-8-12)15(23)21(16(24)19-17)11-14(22)20(5-2)6-3/h7-10H,4-6,11H2,1-3H3,(H,19,24)/t17-/m1/s1. The molecular weight excluding hydrogens is 313 g/mol. The molecular formula is C17H22FN3O3. The number of nitrogens with one attached hydrogen (secondary N) is 1. The number of nitrogens with zero attached hydrogens (tertiary/aromatic N) is 2. The molecule has 0 aromatic heterocycles. The molecule has 1 N–H and O–H groups in total. The predicted molar refractivity (Wildman–Crippen MR) is 86.5 cm³/mol. The Morgan fingerprint density at radius 1 is 1.17 bits per heavy atom. The highest BCUT2D eigenvalue weighted by Crippen LogP contribution is 2.32. The van der Waals surface area contributed by atoms with E-state index in [1.807, 2.05) is 13.8 Å². The summed E-state index contributed by atoms with van der Waals surface area (Å²) in [6, 6.07) is 4.84. The minimum Gasteiger partial charge on any atom is -0.342 e. The van der Waals surface area contributed by atoms with Gasteiger partial charge in [0.15, 0.2) is 0 Å². The highest BCUT2D eigenvalue weighted by Gasteiger charge is 2.51. The molecule has 1 aliphatic heterocycles. The van der Waals surface area contributed by atoms with E-state index in [-0.39, 0.29) is 12.5 Å². The zero-order valence-electron chi connectivity index (χ0n) is 14.1. The Bertz CT molecular complexity index is 643. The fraction of sp³-hybridized carbons (Fsp3) is 0.471. The van der Waals surface area contributed by atoms with E-state index in [0.29, 0.717) is 25.1 Å². The fourth-order valence-corrected chi connectivity index (χ4v) is 2.96. The van der Waals surface area contributed by atoms with E-state index >= 15 is 0 Å². The van der Waals surface area contributed by atoms with Crippen LogP contribution in [0.1, 0.15) is 32.8 Å². The smallest absolute Gasteiger partial charge is 0.325 e. The maximum Gasteiger partial charge on any atom is 0.325 e. The zero-order valence-corrected chi connectivity index (χ0v) is 14.1. The number of carbonyl (C=O) groups is 3. The number of amides is 4. The highest BCUT2D eigenvalue weighted by atomic mass is 19.1. The van der Waals surface area contributed by atoms with Gasteiger partial charge in [-0.25, -0.2) is 9.18 Å². The highest BCUT2D eigenvalue weighted by molar-refractivity contribution is 6.09. The molecule has 0 radical (unpaired) electrons. The minimum atomic E-state index is -1.26. The molecule has 1 atom stereocenters. The number of halogens is 1. The van der Waals surface area contributed by atoms with Gasteiger partial charge in [-0.1, -0.05) is 19.1 Å². The minimum absolute atomic E-state index is 0.283. The Balaban J connectivity index is 2.29. The van der Waals surface area contributed by atoms with Crippen molar-refractivity contribution >= 4 is 17.8 Å². The molecule has 0 bridgehead atoms. The first-order valence-electron chi connectivity index (χ1n) is 8.07. The second kappa shape index (κ2) is 6.98. The lowest BCUT2D eigenvalue weighted by molar-refractivity contribution is -0.139. The molecule has 6 nitrogen and oxygen atoms in total. The number of likely N-dealkylation sites (N-methyl/N-ethyl adjacent to an activating group) is 1. The van der Waals surface area contributed by atoms with Crippen LogP contribution in [0.4, 0.5) is 9.18 Å². The number of carbonyl (C=O) groups excluding carboxylic acids is 3. The van der Waals surface area contributed by atoms with Crippen molar-refractivity contribution in [1.82, 2.24) is 15.1 Å². The van der Waals surface area contributed by atoms with Crippen molar-refractivity contribution in [3.63, 3.8) is 0 Å². The van der Waals surface area contributed by atoms with E-state index in [1.165, 1.54) is 24.3 Å². The summed E-state index contributed by atoms with van der Waals surface area (Å²) in [5, 5.41) is 2.68. The summed E-state index contributed by atoms with van der Waals surface area (Å²) < 4.78 is 13.2. The van der Waals surface area contributed by atoms with E-state index < -0.39 is 23.3 Å². The van der Waals surface area contributed by atoms with Gasteiger partial charge >= 0.3 is 6.03 Å². The number of rotatable bonds is 6. The first-order chi connectivity index (χ1) is 11.4. The van der Waals surface area contributed by atoms with Crippen LogP contribution in [0.25, 0.3) is 0 Å². The molecule has 1 aromatic rings. The van der Waals surface area contributed by atoms with Crippen molar-refractivity contribution in [2.75, 3.05) is 19.6 Å². The third-order valence-electron chi connectivity index (χ3n) is 4.45. The summed E-state index contributed by atoms with van der Waals surface area (Å²) in [7, 11) is 0. The maximum atomic E-state index is 13.2. The molecule has 2 rings (SSSR count). The van der Waals surface area contributed by atoms with Crippen LogP contribution < -0.4 is 5.32 Å². The summed E-state index contributed by atoms with van der Waals surface area (Å²) in [5.74, 6) is -1.19. The molecule has 1 heterocycles. The normalized spacial score (nSPS) is 20.2. The summed E-state index contributed by atoms with van der Waals surface area (Å²) in [6.07, 6.45) is 0.305. The summed E-state index contributed by atoms with van der Waals surface area (Å²) in [5.41, 5.74) is -0.753. The molecule has 1 saturated heterocycles. The Hall–Kier alpha value is -2.44. The van der Waals surface area contributed by atoms with Crippen molar-refractivity contribution in [2.45, 2.75) is 32.7 Å². The van der Waals surface area contributed by atoms with Crippen LogP contribution in [0, 0.1) is 5.82 Å². The summed E-state index contributed by atoms with van der Waals surface area (Å²) >= 11 is 0. The molecule has 130 valence electrons. The van der Waals surface area contributed by atoms with Gasteiger partial charge in [-0.3, -0.25) is 14.5 Å². The maximum absolute atomic E-state index is 13.2. The van der Waals surface area contributed by atoms with Crippen LogP contribution in [-0.2, 0) is 15.1 Å². The molecule has 1 aromatic carbocycles. The van der Waals surface area contributed by atoms with E-state index in [0.717, 1.165) is 4.90 Å². The molecule has 1 fully saturated rings. The van der Waals surface area contributed by atoms with Gasteiger partial charge in [0.25, 0.3) is 5.91 Å². The van der Waals surface area contributed by atoms with Gasteiger partial charge in [-0.2, -0.15) is 0 Å². The number of imide groups is 1. The van der Waals surface area contributed by atoms with E-state index in [2.05, 4.69) is 5.32 Å². The van der Waals surface area contributed by atoms with Gasteiger partial charge in [0.2, 0.25) is 5.91 Å². The van der Waals surface area contributed by atoms with Crippen molar-refractivity contribution in [3.05, 3.63) is 35.6 Å². The molecule has 4 amide bonds. The largest absolute Gasteiger partial charge is 0.342 e. The average Bonchev–Trinajstić information content (AvgIpc) is 2.82. The van der Waals surface area contributed by atoms with Gasteiger partial charge in [-0.15, -0.1) is 0 Å². The lowest BCUT2D eigenvalue weighted by atomic mass is 9.87. The third-order valence-corrected chi connectivity index (χ3v) is 4.45. The van der Waals surface area contributed by atoms with Crippen molar-refractivity contribution in [3.8, 4) is 0 Å². The summed E-state index contributed by atoms with van der Waals surface area (Å²) in [6.45, 7) is 6.16. The van der Waals surface area contributed by atoms with Crippen LogP contribution in [0.15, 0.2) is 24.3 Å². The number of hydrogen-bond donors (Lipinski definition) is 1. The third kappa shape index (κ3) is 2.98. The number of hydrogen-bond acceptors (Lipinski definition) is 3. The van der Waals surface area contributed by atoms with Crippen LogP contribution in [0.2, 0.25) is 0 Å². The fourth-order valence-electron chi connectivity index (χ4n) is 2.96. The molecule has 24 heavy (non-hydrogen) atoms. The molecule has 0 aliphatic carbocycles. The SMILES string of the molecule is CCN(CC)C(=O)CN1C(=O)N[C@](CC)(c2ccc(F)cc2)C1=O. The Morgan fingerprint density at radius 3 is 2.25 bits per heavy atom. The van der Waals surface area contributed by atoms with Crippen LogP contribution >= 0.6 is 0 Å². The monoisotopic (exact) mass is 335 g/mol. The lowest BCUT2D eigenvalue weighted by Crippen LogP contribution is -2.45. The predicted octanol–water partition coefficient (Wildman–Crippen LogP) is 1.85.